The molecule has 0 saturated carbocycles. The lowest BCUT2D eigenvalue weighted by atomic mass is 9.86. The molecule has 0 bridgehead atoms. The van der Waals surface area contributed by atoms with Gasteiger partial charge in [-0.3, -0.25) is 9.59 Å². The molecule has 45 heavy (non-hydrogen) atoms. The largest absolute Gasteiger partial charge is 0.496 e. The van der Waals surface area contributed by atoms with Crippen LogP contribution in [0.2, 0.25) is 0 Å². The third-order valence-corrected chi connectivity index (χ3v) is 8.65. The van der Waals surface area contributed by atoms with Crippen molar-refractivity contribution in [2.75, 3.05) is 65.5 Å². The molecule has 0 aromatic heterocycles. The van der Waals surface area contributed by atoms with E-state index in [1.54, 1.807) is 26.1 Å². The fourth-order valence-electron chi connectivity index (χ4n) is 6.09. The molecule has 2 N–H and O–H groups in total. The highest BCUT2D eigenvalue weighted by Crippen LogP contribution is 2.30. The van der Waals surface area contributed by atoms with Gasteiger partial charge in [0.15, 0.2) is 0 Å². The van der Waals surface area contributed by atoms with Gasteiger partial charge in [-0.05, 0) is 67.3 Å². The van der Waals surface area contributed by atoms with Crippen molar-refractivity contribution in [3.8, 4) is 11.5 Å². The highest BCUT2D eigenvalue weighted by atomic mass is 16.5. The molecule has 3 aromatic carbocycles. The Kier molecular flexibility index (Phi) is 11.3. The summed E-state index contributed by atoms with van der Waals surface area (Å²) >= 11 is 0. The molecule has 240 valence electrons. The van der Waals surface area contributed by atoms with Gasteiger partial charge in [0.2, 0.25) is 5.91 Å². The quantitative estimate of drug-likeness (QED) is 0.276. The van der Waals surface area contributed by atoms with Crippen LogP contribution in [0.3, 0.4) is 0 Å². The second kappa shape index (κ2) is 15.8. The lowest BCUT2D eigenvalue weighted by Crippen LogP contribution is -2.50. The van der Waals surface area contributed by atoms with Gasteiger partial charge in [-0.25, -0.2) is 0 Å². The standard InChI is InChI=1S/C36H46N4O5/c1-39(2)35(41)24-40-19-6-9-27-11-12-28(22-33(27)40)36(42)38-32-23-37-18-17-31(32)26-13-15-30(16-14-26)45-21-7-20-44-25-29-8-4-5-10-34(29)43-3/h4-5,8,10-16,22,31-32,37H,6-7,9,17-21,23-25H2,1-3H3,(H,38,42)/t31-,32-/m0/s1. The van der Waals surface area contributed by atoms with Crippen molar-refractivity contribution in [3.63, 3.8) is 0 Å². The summed E-state index contributed by atoms with van der Waals surface area (Å²) in [5, 5.41) is 6.75. The Morgan fingerprint density at radius 2 is 1.87 bits per heavy atom. The van der Waals surface area contributed by atoms with E-state index in [0.29, 0.717) is 38.5 Å². The second-order valence-electron chi connectivity index (χ2n) is 12.0. The number of likely N-dealkylation sites (N-methyl/N-ethyl adjacent to an activating group) is 1. The first-order valence-corrected chi connectivity index (χ1v) is 15.9. The maximum absolute atomic E-state index is 13.5. The number of carbonyl (C=O) groups is 2. The van der Waals surface area contributed by atoms with Gasteiger partial charge in [0.05, 0.1) is 33.5 Å². The van der Waals surface area contributed by atoms with Crippen molar-refractivity contribution in [1.29, 1.82) is 0 Å². The Balaban J connectivity index is 1.13. The van der Waals surface area contributed by atoms with Crippen LogP contribution in [0.1, 0.15) is 52.2 Å². The number of aryl methyl sites for hydroxylation is 1. The van der Waals surface area contributed by atoms with E-state index in [2.05, 4.69) is 27.7 Å². The third kappa shape index (κ3) is 8.55. The molecule has 0 unspecified atom stereocenters. The zero-order valence-electron chi connectivity index (χ0n) is 26.7. The molecule has 5 rings (SSSR count). The average molecular weight is 615 g/mol. The molecule has 1 saturated heterocycles. The summed E-state index contributed by atoms with van der Waals surface area (Å²) in [4.78, 5) is 29.6. The van der Waals surface area contributed by atoms with Crippen LogP contribution in [0.15, 0.2) is 66.7 Å². The number of amides is 2. The number of methoxy groups -OCH3 is 1. The van der Waals surface area contributed by atoms with Crippen molar-refractivity contribution in [1.82, 2.24) is 15.5 Å². The molecule has 9 nitrogen and oxygen atoms in total. The molecule has 2 aliphatic heterocycles. The van der Waals surface area contributed by atoms with Crippen molar-refractivity contribution in [2.24, 2.45) is 0 Å². The van der Waals surface area contributed by atoms with E-state index >= 15 is 0 Å². The van der Waals surface area contributed by atoms with Crippen molar-refractivity contribution >= 4 is 17.5 Å². The predicted molar refractivity (Wildman–Crippen MR) is 176 cm³/mol. The minimum atomic E-state index is -0.0890. The van der Waals surface area contributed by atoms with Gasteiger partial charge in [0.1, 0.15) is 11.5 Å². The van der Waals surface area contributed by atoms with E-state index in [1.807, 2.05) is 54.6 Å². The number of hydrogen-bond donors (Lipinski definition) is 2. The van der Waals surface area contributed by atoms with E-state index in [1.165, 1.54) is 11.1 Å². The number of ether oxygens (including phenoxy) is 3. The molecule has 2 amide bonds. The number of benzene rings is 3. The summed E-state index contributed by atoms with van der Waals surface area (Å²) in [6.45, 7) is 4.41. The summed E-state index contributed by atoms with van der Waals surface area (Å²) in [5.41, 5.74) is 5.02. The van der Waals surface area contributed by atoms with Gasteiger partial charge in [-0.1, -0.05) is 36.4 Å². The maximum atomic E-state index is 13.5. The summed E-state index contributed by atoms with van der Waals surface area (Å²) in [6.07, 6.45) is 3.67. The van der Waals surface area contributed by atoms with E-state index in [-0.39, 0.29) is 23.8 Å². The van der Waals surface area contributed by atoms with Gasteiger partial charge >= 0.3 is 0 Å². The average Bonchev–Trinajstić information content (AvgIpc) is 3.07. The molecule has 9 heteroatoms. The Morgan fingerprint density at radius 1 is 1.04 bits per heavy atom. The van der Waals surface area contributed by atoms with Gasteiger partial charge < -0.3 is 34.6 Å². The number of hydrogen-bond acceptors (Lipinski definition) is 7. The Bertz CT molecular complexity index is 1430. The summed E-state index contributed by atoms with van der Waals surface area (Å²) in [5.74, 6) is 1.82. The maximum Gasteiger partial charge on any atom is 0.251 e. The third-order valence-electron chi connectivity index (χ3n) is 8.65. The van der Waals surface area contributed by atoms with Crippen LogP contribution >= 0.6 is 0 Å². The molecule has 0 aliphatic carbocycles. The first-order valence-electron chi connectivity index (χ1n) is 15.9. The first-order chi connectivity index (χ1) is 21.9. The topological polar surface area (TPSA) is 92.4 Å². The number of rotatable bonds is 13. The SMILES string of the molecule is COc1ccccc1COCCCOc1ccc([C@@H]2CCNC[C@@H]2NC(=O)c2ccc3c(c2)N(CC(=O)N(C)C)CCC3)cc1. The second-order valence-corrected chi connectivity index (χ2v) is 12.0. The van der Waals surface area contributed by atoms with E-state index in [0.717, 1.165) is 61.5 Å². The fourth-order valence-corrected chi connectivity index (χ4v) is 6.09. The Hall–Kier alpha value is -4.08. The molecule has 0 spiro atoms. The lowest BCUT2D eigenvalue weighted by Gasteiger charge is -2.34. The number of anilines is 1. The van der Waals surface area contributed by atoms with Crippen LogP contribution in [0.5, 0.6) is 11.5 Å². The van der Waals surface area contributed by atoms with Gasteiger partial charge in [0.25, 0.3) is 5.91 Å². The molecule has 2 aliphatic rings. The Labute approximate surface area is 266 Å². The number of carbonyl (C=O) groups excluding carboxylic acids is 2. The summed E-state index contributed by atoms with van der Waals surface area (Å²) in [7, 11) is 5.21. The summed E-state index contributed by atoms with van der Waals surface area (Å²) < 4.78 is 17.2. The molecule has 2 heterocycles. The number of fused-ring (bicyclic) bond motifs is 1. The van der Waals surface area contributed by atoms with Crippen LogP contribution in [-0.4, -0.2) is 83.4 Å². The van der Waals surface area contributed by atoms with Crippen molar-refractivity contribution < 1.29 is 23.8 Å². The molecule has 0 radical (unpaired) electrons. The van der Waals surface area contributed by atoms with E-state index in [4.69, 9.17) is 14.2 Å². The first kappa shape index (κ1) is 32.3. The molecular weight excluding hydrogens is 568 g/mol. The van der Waals surface area contributed by atoms with E-state index in [9.17, 15) is 9.59 Å². The molecule has 1 fully saturated rings. The van der Waals surface area contributed by atoms with Crippen molar-refractivity contribution in [2.45, 2.75) is 44.2 Å². The van der Waals surface area contributed by atoms with Crippen LogP contribution in [0.4, 0.5) is 5.69 Å². The number of piperidine rings is 1. The zero-order chi connectivity index (χ0) is 31.6. The fraction of sp³-hybridized carbons (Fsp3) is 0.444. The number of nitrogens with one attached hydrogen (secondary N) is 2. The van der Waals surface area contributed by atoms with Gasteiger partial charge in [-0.15, -0.1) is 0 Å². The van der Waals surface area contributed by atoms with Crippen LogP contribution in [0, 0.1) is 0 Å². The number of nitrogens with zero attached hydrogens (tertiary/aromatic N) is 2. The van der Waals surface area contributed by atoms with Gasteiger partial charge in [0, 0.05) is 62.4 Å². The molecular formula is C36H46N4O5. The molecule has 3 aromatic rings. The van der Waals surface area contributed by atoms with Gasteiger partial charge in [-0.2, -0.15) is 0 Å². The van der Waals surface area contributed by atoms with Crippen LogP contribution in [-0.2, 0) is 22.6 Å². The van der Waals surface area contributed by atoms with Crippen LogP contribution < -0.4 is 25.0 Å². The van der Waals surface area contributed by atoms with Crippen LogP contribution in [0.25, 0.3) is 0 Å². The molecule has 2 atom stereocenters. The number of para-hydroxylation sites is 1. The monoisotopic (exact) mass is 614 g/mol. The smallest absolute Gasteiger partial charge is 0.251 e. The lowest BCUT2D eigenvalue weighted by molar-refractivity contribution is -0.127. The summed E-state index contributed by atoms with van der Waals surface area (Å²) in [6, 6.07) is 22.0. The Morgan fingerprint density at radius 3 is 2.67 bits per heavy atom. The predicted octanol–water partition coefficient (Wildman–Crippen LogP) is 4.40. The van der Waals surface area contributed by atoms with E-state index < -0.39 is 0 Å². The highest BCUT2D eigenvalue weighted by Gasteiger charge is 2.29. The minimum absolute atomic E-state index is 0.0409. The minimum Gasteiger partial charge on any atom is -0.496 e. The van der Waals surface area contributed by atoms with Crippen molar-refractivity contribution in [3.05, 3.63) is 89.0 Å². The highest BCUT2D eigenvalue weighted by molar-refractivity contribution is 5.96. The zero-order valence-corrected chi connectivity index (χ0v) is 26.7. The normalized spacial score (nSPS) is 17.7.